The molecular weight excluding hydrogens is 733 g/mol. The Hall–Kier alpha value is -1.79. The smallest absolute Gasteiger partial charge is 0.245 e. The fourth-order valence-electron chi connectivity index (χ4n) is 8.19. The van der Waals surface area contributed by atoms with Gasteiger partial charge in [0.2, 0.25) is 23.6 Å². The molecule has 0 spiro atoms. The molecule has 11 nitrogen and oxygen atoms in total. The number of carbonyl (C=O) groups is 3. The molecule has 11 heteroatoms. The normalized spacial score (nSPS) is 20.6. The van der Waals surface area contributed by atoms with E-state index in [9.17, 15) is 29.7 Å². The quantitative estimate of drug-likeness (QED) is 0.0266. The molecule has 1 saturated heterocycles. The van der Waals surface area contributed by atoms with E-state index in [1.807, 2.05) is 13.8 Å². The molecule has 1 aliphatic rings. The van der Waals surface area contributed by atoms with Crippen molar-refractivity contribution in [2.75, 3.05) is 13.2 Å². The maximum atomic E-state index is 14.2. The summed E-state index contributed by atoms with van der Waals surface area (Å²) >= 11 is 0. The van der Waals surface area contributed by atoms with Gasteiger partial charge < -0.3 is 36.4 Å². The van der Waals surface area contributed by atoms with E-state index < -0.39 is 54.7 Å². The first-order valence-corrected chi connectivity index (χ1v) is 24.3. The number of amides is 3. The van der Waals surface area contributed by atoms with Crippen LogP contribution in [0.3, 0.4) is 0 Å². The molecule has 1 fully saturated rings. The number of hydrogen-bond donors (Lipinski definition) is 6. The van der Waals surface area contributed by atoms with Crippen molar-refractivity contribution in [1.82, 2.24) is 15.5 Å². The van der Waals surface area contributed by atoms with Gasteiger partial charge in [0.05, 0.1) is 18.8 Å². The summed E-state index contributed by atoms with van der Waals surface area (Å²) in [7, 11) is 0. The van der Waals surface area contributed by atoms with E-state index in [-0.39, 0.29) is 31.2 Å². The summed E-state index contributed by atoms with van der Waals surface area (Å²) in [5.41, 5.74) is 6.09. The summed E-state index contributed by atoms with van der Waals surface area (Å²) in [5, 5.41) is 37.5. The lowest BCUT2D eigenvalue weighted by atomic mass is 9.96. The van der Waals surface area contributed by atoms with Crippen LogP contribution in [0.4, 0.5) is 0 Å². The molecule has 6 atom stereocenters. The van der Waals surface area contributed by atoms with Crippen LogP contribution in [0.1, 0.15) is 227 Å². The number of nitrogens with zero attached hydrogens (tertiary/aromatic N) is 1. The average Bonchev–Trinajstić information content (AvgIpc) is 3.19. The van der Waals surface area contributed by atoms with E-state index in [4.69, 9.17) is 10.5 Å². The Morgan fingerprint density at radius 1 is 0.672 bits per heavy atom. The lowest BCUT2D eigenvalue weighted by Crippen LogP contribution is -2.72. The fraction of sp³-hybridized carbons (Fsp3) is 0.936. The third kappa shape index (κ3) is 23.9. The molecule has 1 aliphatic heterocycles. The highest BCUT2D eigenvalue weighted by atomic mass is 16.6. The topological polar surface area (TPSA) is 174 Å². The maximum Gasteiger partial charge on any atom is 0.245 e. The minimum absolute atomic E-state index is 0.191. The van der Waals surface area contributed by atoms with Crippen LogP contribution >= 0.6 is 0 Å². The molecule has 0 aromatic heterocycles. The fourth-order valence-corrected chi connectivity index (χ4v) is 8.19. The minimum atomic E-state index is -1.83. The highest BCUT2D eigenvalue weighted by molar-refractivity contribution is 5.90. The number of nitrogens with one attached hydrogen (secondary N) is 2. The number of aliphatic hydroxyl groups is 3. The van der Waals surface area contributed by atoms with E-state index in [0.29, 0.717) is 19.3 Å². The van der Waals surface area contributed by atoms with Crippen molar-refractivity contribution < 1.29 is 34.4 Å². The van der Waals surface area contributed by atoms with Crippen molar-refractivity contribution in [1.29, 1.82) is 0 Å². The summed E-state index contributed by atoms with van der Waals surface area (Å²) in [6.07, 6.45) is 28.6. The van der Waals surface area contributed by atoms with Crippen LogP contribution in [0, 0.1) is 5.92 Å². The van der Waals surface area contributed by atoms with E-state index in [0.717, 1.165) is 38.5 Å². The lowest BCUT2D eigenvalue weighted by Gasteiger charge is -2.51. The van der Waals surface area contributed by atoms with Gasteiger partial charge in [0.15, 0.2) is 0 Å². The second kappa shape index (κ2) is 33.9. The largest absolute Gasteiger partial charge is 0.394 e. The van der Waals surface area contributed by atoms with Crippen molar-refractivity contribution in [3.63, 3.8) is 0 Å². The van der Waals surface area contributed by atoms with Gasteiger partial charge in [-0.25, -0.2) is 0 Å². The number of aliphatic hydroxyl groups excluding tert-OH is 3. The van der Waals surface area contributed by atoms with Crippen molar-refractivity contribution in [3.05, 3.63) is 0 Å². The molecule has 0 unspecified atom stereocenters. The first-order valence-electron chi connectivity index (χ1n) is 24.3. The van der Waals surface area contributed by atoms with Gasteiger partial charge in [-0.3, -0.25) is 19.3 Å². The summed E-state index contributed by atoms with van der Waals surface area (Å²) < 4.78 is 6.28. The van der Waals surface area contributed by atoms with Gasteiger partial charge in [-0.1, -0.05) is 188 Å². The molecule has 342 valence electrons. The molecule has 7 N–H and O–H groups in total. The van der Waals surface area contributed by atoms with Gasteiger partial charge in [-0.2, -0.15) is 0 Å². The molecular formula is C47H92N4O7. The number of hydrogen-bond acceptors (Lipinski definition) is 8. The zero-order chi connectivity index (χ0) is 43.0. The zero-order valence-electron chi connectivity index (χ0n) is 38.1. The molecule has 0 bridgehead atoms. The molecule has 0 aromatic rings. The molecule has 58 heavy (non-hydrogen) atoms. The van der Waals surface area contributed by atoms with Crippen LogP contribution in [0.25, 0.3) is 0 Å². The predicted octanol–water partition coefficient (Wildman–Crippen LogP) is 8.93. The van der Waals surface area contributed by atoms with Crippen LogP contribution in [-0.2, 0) is 19.1 Å². The summed E-state index contributed by atoms with van der Waals surface area (Å²) in [4.78, 5) is 42.4. The Morgan fingerprint density at radius 3 is 1.50 bits per heavy atom. The van der Waals surface area contributed by atoms with Gasteiger partial charge in [0.1, 0.15) is 18.2 Å². The summed E-state index contributed by atoms with van der Waals surface area (Å²) in [5.74, 6) is -2.93. The van der Waals surface area contributed by atoms with Crippen LogP contribution in [0.15, 0.2) is 0 Å². The van der Waals surface area contributed by atoms with Crippen LogP contribution in [-0.4, -0.2) is 87.3 Å². The van der Waals surface area contributed by atoms with Crippen molar-refractivity contribution in [3.8, 4) is 0 Å². The Balaban J connectivity index is 2.91. The number of rotatable bonds is 37. The first-order chi connectivity index (χ1) is 27.9. The first kappa shape index (κ1) is 54.2. The van der Waals surface area contributed by atoms with E-state index >= 15 is 0 Å². The van der Waals surface area contributed by atoms with Gasteiger partial charge in [0, 0.05) is 19.4 Å². The van der Waals surface area contributed by atoms with E-state index in [2.05, 4.69) is 24.5 Å². The summed E-state index contributed by atoms with van der Waals surface area (Å²) in [6, 6.07) is -1.81. The van der Waals surface area contributed by atoms with Crippen LogP contribution in [0.5, 0.6) is 0 Å². The Kier molecular flexibility index (Phi) is 31.7. The number of nitrogens with two attached hydrogens (primary N) is 1. The Morgan fingerprint density at radius 2 is 1.09 bits per heavy atom. The van der Waals surface area contributed by atoms with Crippen LogP contribution in [0.2, 0.25) is 0 Å². The van der Waals surface area contributed by atoms with E-state index in [1.165, 1.54) is 134 Å². The monoisotopic (exact) mass is 825 g/mol. The molecule has 0 saturated carbocycles. The molecule has 3 amide bonds. The SMILES string of the molecule is CCCCCCCCCCCCCCCCCC(=O)N(CCCCCCCCCCCCCC)[C@@]1(NC(=O)[C@H](C)NC(=O)[C@@H](N)CC(C)C)C[C@@H](O)[C@H](O)[C@@H](CO)O1. The highest BCUT2D eigenvalue weighted by Gasteiger charge is 2.52. The number of ether oxygens (including phenoxy) is 1. The second-order valence-corrected chi connectivity index (χ2v) is 18.0. The van der Waals surface area contributed by atoms with Crippen molar-refractivity contribution in [2.24, 2.45) is 11.7 Å². The highest BCUT2D eigenvalue weighted by Crippen LogP contribution is 2.33. The summed E-state index contributed by atoms with van der Waals surface area (Å²) in [6.45, 7) is 9.62. The van der Waals surface area contributed by atoms with Crippen molar-refractivity contribution >= 4 is 17.7 Å². The predicted molar refractivity (Wildman–Crippen MR) is 237 cm³/mol. The molecule has 0 radical (unpaired) electrons. The standard InChI is InChI=1S/C47H92N4O7/c1-6-8-10-12-14-16-18-20-21-22-23-25-27-29-31-33-43(54)51(34-32-30-28-26-24-19-17-15-13-11-9-7-2)47(36-41(53)44(55)42(37-52)58-47)50-45(56)39(5)49-46(57)40(48)35-38(3)4/h38-42,44,52-53,55H,6-37,48H2,1-5H3,(H,49,57)(H,50,56)/t39-,40-,41+,42+,44-,47-/m0/s1. The molecule has 0 aliphatic carbocycles. The van der Waals surface area contributed by atoms with Crippen LogP contribution < -0.4 is 16.4 Å². The Labute approximate surface area is 355 Å². The van der Waals surface area contributed by atoms with E-state index in [1.54, 1.807) is 0 Å². The average molecular weight is 825 g/mol. The van der Waals surface area contributed by atoms with Gasteiger partial charge >= 0.3 is 0 Å². The molecule has 1 heterocycles. The third-order valence-corrected chi connectivity index (χ3v) is 11.9. The molecule has 1 rings (SSSR count). The number of carbonyl (C=O) groups excluding carboxylic acids is 3. The Bertz CT molecular complexity index is 1050. The van der Waals surface area contributed by atoms with Gasteiger partial charge in [0.25, 0.3) is 0 Å². The van der Waals surface area contributed by atoms with Gasteiger partial charge in [-0.15, -0.1) is 0 Å². The van der Waals surface area contributed by atoms with Gasteiger partial charge in [-0.05, 0) is 32.1 Å². The lowest BCUT2D eigenvalue weighted by molar-refractivity contribution is -0.280. The van der Waals surface area contributed by atoms with Crippen molar-refractivity contribution in [2.45, 2.75) is 263 Å². The minimum Gasteiger partial charge on any atom is -0.394 e. The maximum absolute atomic E-state index is 14.2. The zero-order valence-corrected chi connectivity index (χ0v) is 38.1. The number of unbranched alkanes of at least 4 members (excludes halogenated alkanes) is 25. The molecule has 0 aromatic carbocycles. The second-order valence-electron chi connectivity index (χ2n) is 18.0. The third-order valence-electron chi connectivity index (χ3n) is 11.9.